The SMILES string of the molecule is CSCCN(C)C(CN)c1ccc(Cl)c(F)c1. The zero-order chi connectivity index (χ0) is 12.8. The molecule has 0 saturated heterocycles. The van der Waals surface area contributed by atoms with Crippen LogP contribution in [0.15, 0.2) is 18.2 Å². The maximum atomic E-state index is 13.4. The molecule has 0 aliphatic rings. The second-order valence-electron chi connectivity index (χ2n) is 3.90. The van der Waals surface area contributed by atoms with Crippen molar-refractivity contribution in [1.82, 2.24) is 4.90 Å². The summed E-state index contributed by atoms with van der Waals surface area (Å²) >= 11 is 7.45. The van der Waals surface area contributed by atoms with Gasteiger partial charge in [0.05, 0.1) is 5.02 Å². The lowest BCUT2D eigenvalue weighted by Gasteiger charge is -2.27. The summed E-state index contributed by atoms with van der Waals surface area (Å²) in [6, 6.07) is 4.92. The summed E-state index contributed by atoms with van der Waals surface area (Å²) in [4.78, 5) is 2.14. The van der Waals surface area contributed by atoms with Gasteiger partial charge in [0.2, 0.25) is 0 Å². The van der Waals surface area contributed by atoms with Crippen molar-refractivity contribution in [2.45, 2.75) is 6.04 Å². The number of nitrogens with two attached hydrogens (primary N) is 1. The lowest BCUT2D eigenvalue weighted by Crippen LogP contribution is -2.32. The van der Waals surface area contributed by atoms with Crippen LogP contribution in [-0.4, -0.2) is 37.0 Å². The first kappa shape index (κ1) is 14.8. The molecule has 0 aliphatic carbocycles. The van der Waals surface area contributed by atoms with Gasteiger partial charge in [0.25, 0.3) is 0 Å². The van der Waals surface area contributed by atoms with Gasteiger partial charge in [-0.1, -0.05) is 17.7 Å². The summed E-state index contributed by atoms with van der Waals surface area (Å²) in [5, 5.41) is 0.149. The Morgan fingerprint density at radius 1 is 1.53 bits per heavy atom. The predicted octanol–water partition coefficient (Wildman–Crippen LogP) is 2.77. The van der Waals surface area contributed by atoms with E-state index in [2.05, 4.69) is 11.2 Å². The van der Waals surface area contributed by atoms with E-state index in [0.29, 0.717) is 6.54 Å². The first-order valence-electron chi connectivity index (χ1n) is 5.44. The molecule has 0 bridgehead atoms. The lowest BCUT2D eigenvalue weighted by atomic mass is 10.1. The highest BCUT2D eigenvalue weighted by Gasteiger charge is 2.16. The molecule has 0 radical (unpaired) electrons. The van der Waals surface area contributed by atoms with Crippen LogP contribution in [0.25, 0.3) is 0 Å². The number of likely N-dealkylation sites (N-methyl/N-ethyl adjacent to an activating group) is 1. The van der Waals surface area contributed by atoms with Crippen LogP contribution in [-0.2, 0) is 0 Å². The summed E-state index contributed by atoms with van der Waals surface area (Å²) in [6.07, 6.45) is 2.06. The van der Waals surface area contributed by atoms with Crippen molar-refractivity contribution in [2.24, 2.45) is 5.73 Å². The van der Waals surface area contributed by atoms with Crippen LogP contribution in [0.4, 0.5) is 4.39 Å². The lowest BCUT2D eigenvalue weighted by molar-refractivity contribution is 0.265. The average molecular weight is 277 g/mol. The Bertz CT molecular complexity index is 362. The van der Waals surface area contributed by atoms with Crippen LogP contribution < -0.4 is 5.73 Å². The van der Waals surface area contributed by atoms with Crippen molar-refractivity contribution in [3.8, 4) is 0 Å². The number of thioether (sulfide) groups is 1. The molecule has 5 heteroatoms. The van der Waals surface area contributed by atoms with Crippen molar-refractivity contribution in [3.05, 3.63) is 34.6 Å². The number of nitrogens with zero attached hydrogens (tertiary/aromatic N) is 1. The Balaban J connectivity index is 2.81. The molecule has 1 atom stereocenters. The molecular formula is C12H18ClFN2S. The minimum absolute atomic E-state index is 0.0360. The molecule has 17 heavy (non-hydrogen) atoms. The molecule has 0 fully saturated rings. The maximum absolute atomic E-state index is 13.4. The van der Waals surface area contributed by atoms with Crippen LogP contribution >= 0.6 is 23.4 Å². The van der Waals surface area contributed by atoms with Crippen molar-refractivity contribution >= 4 is 23.4 Å². The number of benzene rings is 1. The minimum atomic E-state index is -0.388. The van der Waals surface area contributed by atoms with Gasteiger partial charge < -0.3 is 5.73 Å². The van der Waals surface area contributed by atoms with E-state index in [-0.39, 0.29) is 16.9 Å². The fourth-order valence-corrected chi connectivity index (χ4v) is 2.27. The van der Waals surface area contributed by atoms with E-state index < -0.39 is 0 Å². The Labute approximate surface area is 111 Å². The van der Waals surface area contributed by atoms with E-state index in [1.54, 1.807) is 17.8 Å². The standard InChI is InChI=1S/C12H18ClFN2S/c1-16(5-6-17-2)12(8-15)9-3-4-10(13)11(14)7-9/h3-4,7,12H,5-6,8,15H2,1-2H3. The quantitative estimate of drug-likeness (QED) is 0.866. The summed E-state index contributed by atoms with van der Waals surface area (Å²) in [5.74, 6) is 0.643. The molecule has 0 amide bonds. The zero-order valence-electron chi connectivity index (χ0n) is 10.1. The number of halogens is 2. The topological polar surface area (TPSA) is 29.3 Å². The highest BCUT2D eigenvalue weighted by molar-refractivity contribution is 7.98. The van der Waals surface area contributed by atoms with Crippen molar-refractivity contribution in [1.29, 1.82) is 0 Å². The summed E-state index contributed by atoms with van der Waals surface area (Å²) < 4.78 is 13.4. The molecule has 0 aromatic heterocycles. The van der Waals surface area contributed by atoms with Gasteiger partial charge in [-0.2, -0.15) is 11.8 Å². The van der Waals surface area contributed by atoms with Crippen LogP contribution in [0, 0.1) is 5.82 Å². The molecular weight excluding hydrogens is 259 g/mol. The minimum Gasteiger partial charge on any atom is -0.329 e. The smallest absolute Gasteiger partial charge is 0.142 e. The maximum Gasteiger partial charge on any atom is 0.142 e. The molecule has 2 N–H and O–H groups in total. The average Bonchev–Trinajstić information content (AvgIpc) is 2.32. The second-order valence-corrected chi connectivity index (χ2v) is 5.29. The monoisotopic (exact) mass is 276 g/mol. The Hall–Kier alpha value is -0.290. The van der Waals surface area contributed by atoms with Gasteiger partial charge in [0.1, 0.15) is 5.82 Å². The largest absolute Gasteiger partial charge is 0.329 e. The van der Waals surface area contributed by atoms with E-state index in [0.717, 1.165) is 17.9 Å². The molecule has 96 valence electrons. The van der Waals surface area contributed by atoms with E-state index in [4.69, 9.17) is 17.3 Å². The van der Waals surface area contributed by atoms with Gasteiger partial charge in [-0.15, -0.1) is 0 Å². The highest BCUT2D eigenvalue weighted by atomic mass is 35.5. The molecule has 0 spiro atoms. The van der Waals surface area contributed by atoms with Crippen LogP contribution in [0.1, 0.15) is 11.6 Å². The van der Waals surface area contributed by atoms with Crippen LogP contribution in [0.5, 0.6) is 0 Å². The third kappa shape index (κ3) is 4.14. The van der Waals surface area contributed by atoms with Crippen molar-refractivity contribution in [3.63, 3.8) is 0 Å². The van der Waals surface area contributed by atoms with Gasteiger partial charge >= 0.3 is 0 Å². The first-order valence-corrected chi connectivity index (χ1v) is 7.21. The molecule has 0 heterocycles. The Morgan fingerprint density at radius 2 is 2.24 bits per heavy atom. The third-order valence-corrected chi connectivity index (χ3v) is 3.63. The summed E-state index contributed by atoms with van der Waals surface area (Å²) in [5.41, 5.74) is 6.63. The van der Waals surface area contributed by atoms with E-state index >= 15 is 0 Å². The van der Waals surface area contributed by atoms with Crippen LogP contribution in [0.3, 0.4) is 0 Å². The van der Waals surface area contributed by atoms with Crippen molar-refractivity contribution in [2.75, 3.05) is 32.1 Å². The molecule has 2 nitrogen and oxygen atoms in total. The van der Waals surface area contributed by atoms with Crippen LogP contribution in [0.2, 0.25) is 5.02 Å². The summed E-state index contributed by atoms with van der Waals surface area (Å²) in [6.45, 7) is 1.39. The molecule has 0 aliphatic heterocycles. The van der Waals surface area contributed by atoms with Gasteiger partial charge in [-0.25, -0.2) is 4.39 Å². The van der Waals surface area contributed by atoms with Crippen molar-refractivity contribution < 1.29 is 4.39 Å². The van der Waals surface area contributed by atoms with E-state index in [1.807, 2.05) is 13.1 Å². The molecule has 1 aromatic carbocycles. The molecule has 0 saturated carbocycles. The molecule has 1 unspecified atom stereocenters. The van der Waals surface area contributed by atoms with Gasteiger partial charge in [0.15, 0.2) is 0 Å². The predicted molar refractivity (Wildman–Crippen MR) is 74.2 cm³/mol. The normalized spacial score (nSPS) is 13.1. The fraction of sp³-hybridized carbons (Fsp3) is 0.500. The fourth-order valence-electron chi connectivity index (χ4n) is 1.68. The molecule has 1 rings (SSSR count). The van der Waals surface area contributed by atoms with E-state index in [9.17, 15) is 4.39 Å². The number of hydrogen-bond donors (Lipinski definition) is 1. The van der Waals surface area contributed by atoms with Gasteiger partial charge in [-0.3, -0.25) is 4.90 Å². The van der Waals surface area contributed by atoms with E-state index in [1.165, 1.54) is 6.07 Å². The Kier molecular flexibility index (Phi) is 6.27. The Morgan fingerprint density at radius 3 is 2.76 bits per heavy atom. The first-order chi connectivity index (χ1) is 8.10. The number of hydrogen-bond acceptors (Lipinski definition) is 3. The molecule has 1 aromatic rings. The number of rotatable bonds is 6. The summed E-state index contributed by atoms with van der Waals surface area (Å²) in [7, 11) is 2.00. The zero-order valence-corrected chi connectivity index (χ0v) is 11.7. The van der Waals surface area contributed by atoms with Gasteiger partial charge in [0, 0.05) is 24.9 Å². The van der Waals surface area contributed by atoms with Gasteiger partial charge in [-0.05, 0) is 31.0 Å². The second kappa shape index (κ2) is 7.21. The highest BCUT2D eigenvalue weighted by Crippen LogP contribution is 2.23. The third-order valence-electron chi connectivity index (χ3n) is 2.73.